The highest BCUT2D eigenvalue weighted by Crippen LogP contribution is 2.21. The van der Waals surface area contributed by atoms with Gasteiger partial charge in [0, 0.05) is 6.08 Å². The van der Waals surface area contributed by atoms with E-state index >= 15 is 0 Å². The molecule has 0 N–H and O–H groups in total. The zero-order chi connectivity index (χ0) is 9.68. The normalized spacial score (nSPS) is 11.4. The lowest BCUT2D eigenvalue weighted by Crippen LogP contribution is -1.92. The summed E-state index contributed by atoms with van der Waals surface area (Å²) in [6, 6.07) is 12.1. The summed E-state index contributed by atoms with van der Waals surface area (Å²) in [5.74, 6) is 0.391. The molecule has 1 rings (SSSR count). The van der Waals surface area contributed by atoms with E-state index in [2.05, 4.69) is 19.9 Å². The molecule has 1 nitrogen and oxygen atoms in total. The smallest absolute Gasteiger partial charge is 0.0915 e. The van der Waals surface area contributed by atoms with Gasteiger partial charge in [0.1, 0.15) is 0 Å². The molecular formula is C12H13N. The van der Waals surface area contributed by atoms with E-state index in [1.807, 2.05) is 30.3 Å². The van der Waals surface area contributed by atoms with Gasteiger partial charge in [0.25, 0.3) is 0 Å². The van der Waals surface area contributed by atoms with Gasteiger partial charge in [-0.2, -0.15) is 5.26 Å². The van der Waals surface area contributed by atoms with E-state index < -0.39 is 0 Å². The zero-order valence-electron chi connectivity index (χ0n) is 7.99. The number of rotatable bonds is 2. The molecule has 0 saturated heterocycles. The highest BCUT2D eigenvalue weighted by molar-refractivity contribution is 5.68. The topological polar surface area (TPSA) is 23.8 Å². The van der Waals surface area contributed by atoms with Crippen LogP contribution in [-0.2, 0) is 0 Å². The van der Waals surface area contributed by atoms with Crippen molar-refractivity contribution in [2.75, 3.05) is 0 Å². The van der Waals surface area contributed by atoms with Crippen LogP contribution in [-0.4, -0.2) is 0 Å². The molecule has 0 amide bonds. The number of hydrogen-bond acceptors (Lipinski definition) is 1. The van der Waals surface area contributed by atoms with E-state index in [9.17, 15) is 0 Å². The molecule has 0 radical (unpaired) electrons. The third-order valence-corrected chi connectivity index (χ3v) is 1.95. The summed E-state index contributed by atoms with van der Waals surface area (Å²) in [5, 5.41) is 8.62. The van der Waals surface area contributed by atoms with Crippen LogP contribution in [0.5, 0.6) is 0 Å². The number of allylic oxidation sites excluding steroid dienone is 2. The van der Waals surface area contributed by atoms with Gasteiger partial charge in [-0.05, 0) is 17.1 Å². The van der Waals surface area contributed by atoms with Crippen LogP contribution >= 0.6 is 0 Å². The molecule has 13 heavy (non-hydrogen) atoms. The first kappa shape index (κ1) is 9.54. The average molecular weight is 171 g/mol. The minimum absolute atomic E-state index is 0.391. The second-order valence-corrected chi connectivity index (χ2v) is 3.25. The summed E-state index contributed by atoms with van der Waals surface area (Å²) < 4.78 is 0. The number of hydrogen-bond donors (Lipinski definition) is 0. The predicted molar refractivity (Wildman–Crippen MR) is 54.9 cm³/mol. The molecule has 0 spiro atoms. The quantitative estimate of drug-likeness (QED) is 0.626. The van der Waals surface area contributed by atoms with Crippen molar-refractivity contribution < 1.29 is 0 Å². The third-order valence-electron chi connectivity index (χ3n) is 1.95. The molecule has 0 aliphatic heterocycles. The Balaban J connectivity index is 3.05. The van der Waals surface area contributed by atoms with Crippen molar-refractivity contribution in [3.05, 3.63) is 42.0 Å². The average Bonchev–Trinajstić information content (AvgIpc) is 2.15. The number of benzene rings is 1. The minimum atomic E-state index is 0.391. The second-order valence-electron chi connectivity index (χ2n) is 3.25. The molecule has 0 saturated carbocycles. The predicted octanol–water partition coefficient (Wildman–Crippen LogP) is 3.25. The van der Waals surface area contributed by atoms with Crippen LogP contribution in [0, 0.1) is 17.2 Å². The molecule has 0 heterocycles. The van der Waals surface area contributed by atoms with Crippen LogP contribution < -0.4 is 0 Å². The summed E-state index contributed by atoms with van der Waals surface area (Å²) in [4.78, 5) is 0. The molecule has 0 unspecified atom stereocenters. The lowest BCUT2D eigenvalue weighted by Gasteiger charge is -2.09. The lowest BCUT2D eigenvalue weighted by molar-refractivity contribution is 0.856. The summed E-state index contributed by atoms with van der Waals surface area (Å²) in [6.07, 6.45) is 1.62. The van der Waals surface area contributed by atoms with Gasteiger partial charge < -0.3 is 0 Å². The molecule has 1 heteroatoms. The second kappa shape index (κ2) is 4.47. The Hall–Kier alpha value is -1.55. The van der Waals surface area contributed by atoms with Crippen LogP contribution in [0.15, 0.2) is 36.4 Å². The van der Waals surface area contributed by atoms with Crippen molar-refractivity contribution in [3.8, 4) is 6.07 Å². The molecule has 0 aromatic heterocycles. The first-order valence-corrected chi connectivity index (χ1v) is 4.41. The maximum Gasteiger partial charge on any atom is 0.0915 e. The summed E-state index contributed by atoms with van der Waals surface area (Å²) in [6.45, 7) is 4.19. The summed E-state index contributed by atoms with van der Waals surface area (Å²) in [7, 11) is 0. The summed E-state index contributed by atoms with van der Waals surface area (Å²) >= 11 is 0. The maximum absolute atomic E-state index is 8.62. The van der Waals surface area contributed by atoms with E-state index in [0.717, 1.165) is 11.1 Å². The fourth-order valence-electron chi connectivity index (χ4n) is 1.28. The van der Waals surface area contributed by atoms with Crippen molar-refractivity contribution in [2.45, 2.75) is 13.8 Å². The van der Waals surface area contributed by atoms with Crippen molar-refractivity contribution in [3.63, 3.8) is 0 Å². The zero-order valence-corrected chi connectivity index (χ0v) is 7.99. The fourth-order valence-corrected chi connectivity index (χ4v) is 1.28. The van der Waals surface area contributed by atoms with E-state index in [0.29, 0.717) is 5.92 Å². The van der Waals surface area contributed by atoms with Gasteiger partial charge in [0.2, 0.25) is 0 Å². The summed E-state index contributed by atoms with van der Waals surface area (Å²) in [5.41, 5.74) is 2.24. The van der Waals surface area contributed by atoms with Crippen molar-refractivity contribution >= 4 is 5.57 Å². The van der Waals surface area contributed by atoms with Gasteiger partial charge in [-0.3, -0.25) is 0 Å². The Bertz CT molecular complexity index is 328. The molecule has 0 aliphatic rings. The Morgan fingerprint density at radius 2 is 1.92 bits per heavy atom. The van der Waals surface area contributed by atoms with Crippen molar-refractivity contribution in [2.24, 2.45) is 5.92 Å². The van der Waals surface area contributed by atoms with Crippen LogP contribution in [0.2, 0.25) is 0 Å². The standard InChI is InChI=1S/C12H13N/c1-10(2)12(8-9-13)11-6-4-3-5-7-11/h3-8,10H,1-2H3. The third kappa shape index (κ3) is 2.45. The fraction of sp³-hybridized carbons (Fsp3) is 0.250. The SMILES string of the molecule is CC(C)C(=CC#N)c1ccccc1. The molecule has 66 valence electrons. The molecule has 1 aromatic rings. The van der Waals surface area contributed by atoms with Crippen molar-refractivity contribution in [1.29, 1.82) is 5.26 Å². The van der Waals surface area contributed by atoms with E-state index in [1.54, 1.807) is 6.08 Å². The lowest BCUT2D eigenvalue weighted by atomic mass is 9.95. The molecule has 1 aromatic carbocycles. The highest BCUT2D eigenvalue weighted by atomic mass is 14.2. The Kier molecular flexibility index (Phi) is 3.28. The number of nitrogens with zero attached hydrogens (tertiary/aromatic N) is 1. The van der Waals surface area contributed by atoms with Crippen LogP contribution in [0.4, 0.5) is 0 Å². The molecule has 0 bridgehead atoms. The van der Waals surface area contributed by atoms with Gasteiger partial charge >= 0.3 is 0 Å². The Labute approximate surface area is 79.3 Å². The molecule has 0 atom stereocenters. The van der Waals surface area contributed by atoms with Gasteiger partial charge in [-0.25, -0.2) is 0 Å². The van der Waals surface area contributed by atoms with Crippen LogP contribution in [0.25, 0.3) is 5.57 Å². The van der Waals surface area contributed by atoms with Crippen molar-refractivity contribution in [1.82, 2.24) is 0 Å². The minimum Gasteiger partial charge on any atom is -0.193 e. The van der Waals surface area contributed by atoms with Gasteiger partial charge in [0.15, 0.2) is 0 Å². The van der Waals surface area contributed by atoms with Gasteiger partial charge in [0.05, 0.1) is 6.07 Å². The van der Waals surface area contributed by atoms with Crippen LogP contribution in [0.3, 0.4) is 0 Å². The Morgan fingerprint density at radius 3 is 2.38 bits per heavy atom. The first-order chi connectivity index (χ1) is 6.25. The molecular weight excluding hydrogens is 158 g/mol. The van der Waals surface area contributed by atoms with Crippen LogP contribution in [0.1, 0.15) is 19.4 Å². The Morgan fingerprint density at radius 1 is 1.31 bits per heavy atom. The van der Waals surface area contributed by atoms with E-state index in [4.69, 9.17) is 5.26 Å². The number of nitriles is 1. The first-order valence-electron chi connectivity index (χ1n) is 4.41. The van der Waals surface area contributed by atoms with E-state index in [-0.39, 0.29) is 0 Å². The molecule has 0 aliphatic carbocycles. The largest absolute Gasteiger partial charge is 0.193 e. The maximum atomic E-state index is 8.62. The van der Waals surface area contributed by atoms with E-state index in [1.165, 1.54) is 0 Å². The van der Waals surface area contributed by atoms with Gasteiger partial charge in [-0.1, -0.05) is 44.2 Å². The monoisotopic (exact) mass is 171 g/mol. The molecule has 0 fully saturated rings. The van der Waals surface area contributed by atoms with Gasteiger partial charge in [-0.15, -0.1) is 0 Å². The highest BCUT2D eigenvalue weighted by Gasteiger charge is 2.04.